The van der Waals surface area contributed by atoms with Crippen LogP contribution in [-0.4, -0.2) is 60.4 Å². The van der Waals surface area contributed by atoms with Gasteiger partial charge in [0.15, 0.2) is 0 Å². The third kappa shape index (κ3) is 10.8. The van der Waals surface area contributed by atoms with Crippen LogP contribution in [0.2, 0.25) is 0 Å². The van der Waals surface area contributed by atoms with E-state index < -0.39 is 59.8 Å². The van der Waals surface area contributed by atoms with Gasteiger partial charge in [0.1, 0.15) is 0 Å². The topological polar surface area (TPSA) is 82.0 Å². The van der Waals surface area contributed by atoms with E-state index in [1.165, 1.54) is 23.4 Å². The first-order valence-electron chi connectivity index (χ1n) is 17.4. The van der Waals surface area contributed by atoms with Gasteiger partial charge in [0.05, 0.1) is 48.0 Å². The summed E-state index contributed by atoms with van der Waals surface area (Å²) in [7, 11) is 0. The van der Waals surface area contributed by atoms with Crippen molar-refractivity contribution in [2.24, 2.45) is 11.8 Å². The average molecular weight is 774 g/mol. The van der Waals surface area contributed by atoms with E-state index in [0.717, 1.165) is 43.9 Å². The third-order valence-electron chi connectivity index (χ3n) is 9.68. The van der Waals surface area contributed by atoms with E-state index in [4.69, 9.17) is 9.84 Å². The first-order chi connectivity index (χ1) is 25.4. The van der Waals surface area contributed by atoms with Crippen molar-refractivity contribution >= 4 is 23.3 Å². The third-order valence-corrected chi connectivity index (χ3v) is 9.68. The summed E-state index contributed by atoms with van der Waals surface area (Å²) in [4.78, 5) is 24.8. The molecule has 0 radical (unpaired) electrons. The number of anilines is 3. The normalized spacial score (nSPS) is 18.6. The Kier molecular flexibility index (Phi) is 12.7. The summed E-state index contributed by atoms with van der Waals surface area (Å²) in [5, 5.41) is 8.97. The van der Waals surface area contributed by atoms with Crippen LogP contribution in [0.4, 0.5) is 56.8 Å². The summed E-state index contributed by atoms with van der Waals surface area (Å²) >= 11 is 0. The lowest BCUT2D eigenvalue weighted by atomic mass is 9.81. The fourth-order valence-corrected chi connectivity index (χ4v) is 6.88. The second-order valence-electron chi connectivity index (χ2n) is 13.5. The van der Waals surface area contributed by atoms with E-state index in [-0.39, 0.29) is 29.4 Å². The number of allylic oxidation sites excluding steroid dienone is 1. The first-order valence-corrected chi connectivity index (χ1v) is 17.4. The summed E-state index contributed by atoms with van der Waals surface area (Å²) in [6, 6.07) is 4.38. The average Bonchev–Trinajstić information content (AvgIpc) is 3.12. The molecular weight excluding hydrogens is 733 g/mol. The molecule has 5 rings (SSSR count). The van der Waals surface area contributed by atoms with Crippen LogP contribution in [0.5, 0.6) is 0 Å². The predicted molar refractivity (Wildman–Crippen MR) is 183 cm³/mol. The van der Waals surface area contributed by atoms with Crippen LogP contribution in [0.1, 0.15) is 60.4 Å². The molecule has 2 fully saturated rings. The number of hydrogen-bond donors (Lipinski definition) is 1. The fraction of sp³-hybridized carbons (Fsp3) is 0.486. The molecule has 0 bridgehead atoms. The molecule has 2 aliphatic rings. The maximum absolute atomic E-state index is 14.1. The van der Waals surface area contributed by atoms with E-state index in [2.05, 4.69) is 9.97 Å². The Morgan fingerprint density at radius 3 is 1.96 bits per heavy atom. The van der Waals surface area contributed by atoms with Crippen molar-refractivity contribution in [3.05, 3.63) is 88.8 Å². The molecule has 3 aromatic rings. The Labute approximate surface area is 306 Å². The van der Waals surface area contributed by atoms with Gasteiger partial charge in [-0.05, 0) is 92.0 Å². The summed E-state index contributed by atoms with van der Waals surface area (Å²) in [6.07, 6.45) is -6.36. The van der Waals surface area contributed by atoms with Gasteiger partial charge in [-0.1, -0.05) is 6.08 Å². The van der Waals surface area contributed by atoms with E-state index in [1.807, 2.05) is 16.7 Å². The molecule has 0 atom stereocenters. The highest BCUT2D eigenvalue weighted by Gasteiger charge is 2.37. The highest BCUT2D eigenvalue weighted by atomic mass is 19.4. The molecule has 54 heavy (non-hydrogen) atoms. The van der Waals surface area contributed by atoms with E-state index in [0.29, 0.717) is 62.9 Å². The zero-order chi connectivity index (χ0) is 39.3. The number of benzene rings is 2. The van der Waals surface area contributed by atoms with Crippen molar-refractivity contribution in [1.82, 2.24) is 9.97 Å². The molecule has 1 aliphatic carbocycles. The maximum atomic E-state index is 14.1. The molecule has 1 aromatic heterocycles. The zero-order valence-electron chi connectivity index (χ0n) is 29.3. The molecule has 1 aliphatic heterocycles. The van der Waals surface area contributed by atoms with Crippen LogP contribution >= 0.6 is 0 Å². The van der Waals surface area contributed by atoms with Crippen molar-refractivity contribution in [2.75, 3.05) is 54.1 Å². The van der Waals surface area contributed by atoms with Crippen molar-refractivity contribution in [1.29, 1.82) is 0 Å². The van der Waals surface area contributed by atoms with E-state index >= 15 is 0 Å². The molecule has 0 spiro atoms. The Hall–Kier alpha value is -4.54. The van der Waals surface area contributed by atoms with Crippen molar-refractivity contribution in [2.45, 2.75) is 64.2 Å². The number of carbonyl (C=O) groups is 1. The fourth-order valence-electron chi connectivity index (χ4n) is 6.88. The van der Waals surface area contributed by atoms with Crippen LogP contribution in [0.15, 0.2) is 60.9 Å². The molecule has 1 N–H and O–H groups in total. The Morgan fingerprint density at radius 2 is 1.43 bits per heavy atom. The van der Waals surface area contributed by atoms with E-state index in [1.54, 1.807) is 6.08 Å². The van der Waals surface area contributed by atoms with Gasteiger partial charge in [-0.2, -0.15) is 39.5 Å². The Morgan fingerprint density at radius 1 is 0.833 bits per heavy atom. The van der Waals surface area contributed by atoms with Gasteiger partial charge in [-0.25, -0.2) is 14.8 Å². The minimum Gasteiger partial charge on any atom is -0.478 e. The largest absolute Gasteiger partial charge is 0.478 e. The number of alkyl halides is 9. The lowest BCUT2D eigenvalue weighted by Gasteiger charge is -2.35. The van der Waals surface area contributed by atoms with E-state index in [9.17, 15) is 44.3 Å². The van der Waals surface area contributed by atoms with Gasteiger partial charge >= 0.3 is 24.5 Å². The van der Waals surface area contributed by atoms with Gasteiger partial charge in [-0.3, -0.25) is 0 Å². The predicted octanol–water partition coefficient (Wildman–Crippen LogP) is 8.85. The van der Waals surface area contributed by atoms with Crippen molar-refractivity contribution < 1.29 is 54.2 Å². The standard InChI is InChI=1S/C37H40F9N5O3/c1-2-49(21-25-5-3-24(4-6-25)7-10-33(52)53)32-9-8-28(35(38,39)40)17-27(32)23-51(34-47-19-31(20-48-34)50-11-13-54-14-12-50)22-26-15-29(36(41,42)43)18-30(16-26)37(44,45)46/h7-10,15-20,24-25H,2-6,11-14,21-23H2,1H3,(H,52,53)/b10-7+. The van der Waals surface area contributed by atoms with Crippen molar-refractivity contribution in [3.63, 3.8) is 0 Å². The van der Waals surface area contributed by atoms with Crippen LogP contribution in [0.25, 0.3) is 0 Å². The molecule has 294 valence electrons. The molecule has 0 amide bonds. The SMILES string of the molecule is CCN(CC1CCC(/C=C/C(=O)O)CC1)c1ccc(C(F)(F)F)cc1CN(Cc1cc(C(F)(F)F)cc(C(F)(F)F)c1)c1ncc(N2CCOCC2)cn1. The molecule has 1 saturated heterocycles. The van der Waals surface area contributed by atoms with Crippen LogP contribution in [0, 0.1) is 11.8 Å². The molecule has 0 unspecified atom stereocenters. The minimum absolute atomic E-state index is 0.0153. The molecule has 1 saturated carbocycles. The molecule has 8 nitrogen and oxygen atoms in total. The van der Waals surface area contributed by atoms with Crippen LogP contribution in [0.3, 0.4) is 0 Å². The zero-order valence-corrected chi connectivity index (χ0v) is 29.3. The molecule has 2 aromatic carbocycles. The number of rotatable bonds is 12. The second kappa shape index (κ2) is 16.9. The number of carboxylic acid groups (broad SMARTS) is 1. The Balaban J connectivity index is 1.52. The summed E-state index contributed by atoms with van der Waals surface area (Å²) in [6.45, 7) is 3.62. The number of nitrogens with zero attached hydrogens (tertiary/aromatic N) is 5. The number of ether oxygens (including phenoxy) is 1. The second-order valence-corrected chi connectivity index (χ2v) is 13.5. The Bertz CT molecular complexity index is 1720. The number of aromatic nitrogens is 2. The molecular formula is C37H40F9N5O3. The molecule has 2 heterocycles. The first kappa shape index (κ1) is 40.6. The number of morpholine rings is 1. The highest BCUT2D eigenvalue weighted by Crippen LogP contribution is 2.39. The number of carboxylic acids is 1. The van der Waals surface area contributed by atoms with Gasteiger partial charge < -0.3 is 24.5 Å². The van der Waals surface area contributed by atoms with Gasteiger partial charge in [0.2, 0.25) is 5.95 Å². The smallest absolute Gasteiger partial charge is 0.416 e. The lowest BCUT2D eigenvalue weighted by molar-refractivity contribution is -0.143. The number of aliphatic carboxylic acids is 1. The van der Waals surface area contributed by atoms with Gasteiger partial charge in [-0.15, -0.1) is 0 Å². The van der Waals surface area contributed by atoms with Crippen molar-refractivity contribution in [3.8, 4) is 0 Å². The monoisotopic (exact) mass is 773 g/mol. The maximum Gasteiger partial charge on any atom is 0.416 e. The van der Waals surface area contributed by atoms with Crippen LogP contribution < -0.4 is 14.7 Å². The number of hydrogen-bond acceptors (Lipinski definition) is 7. The highest BCUT2D eigenvalue weighted by molar-refractivity contribution is 5.79. The summed E-state index contributed by atoms with van der Waals surface area (Å²) < 4.78 is 131. The minimum atomic E-state index is -5.11. The van der Waals surface area contributed by atoms with Crippen LogP contribution in [-0.2, 0) is 41.1 Å². The summed E-state index contributed by atoms with van der Waals surface area (Å²) in [5.41, 5.74) is -3.31. The number of halogens is 9. The summed E-state index contributed by atoms with van der Waals surface area (Å²) in [5.74, 6) is -0.929. The van der Waals surface area contributed by atoms with Gasteiger partial charge in [0, 0.05) is 51.0 Å². The lowest BCUT2D eigenvalue weighted by Crippen LogP contribution is -2.36. The van der Waals surface area contributed by atoms with Gasteiger partial charge in [0.25, 0.3) is 0 Å². The molecule has 17 heteroatoms. The quantitative estimate of drug-likeness (QED) is 0.145.